The van der Waals surface area contributed by atoms with E-state index in [1.807, 2.05) is 58.0 Å². The zero-order chi connectivity index (χ0) is 52.7. The average Bonchev–Trinajstić information content (AvgIpc) is 3.29. The highest BCUT2D eigenvalue weighted by Crippen LogP contribution is 2.48. The minimum absolute atomic E-state index is 0.331. The van der Waals surface area contributed by atoms with Crippen molar-refractivity contribution in [2.24, 2.45) is 0 Å². The highest BCUT2D eigenvalue weighted by Gasteiger charge is 2.23. The van der Waals surface area contributed by atoms with Gasteiger partial charge in [-0.15, -0.1) is 0 Å². The molecule has 1 aromatic heterocycles. The number of unbranched alkanes of at least 4 members (excludes halogenated alkanes) is 3. The lowest BCUT2D eigenvalue weighted by atomic mass is 10.0. The summed E-state index contributed by atoms with van der Waals surface area (Å²) >= 11 is 0. The molecule has 0 unspecified atom stereocenters. The Hall–Kier alpha value is -2.64. The smallest absolute Gasteiger partial charge is 0.381 e. The lowest BCUT2D eigenvalue weighted by molar-refractivity contribution is 0.126. The van der Waals surface area contributed by atoms with Crippen molar-refractivity contribution in [3.05, 3.63) is 112 Å². The number of rotatable bonds is 19. The molecule has 0 fully saturated rings. The molecule has 1 heterocycles. The van der Waals surface area contributed by atoms with E-state index in [1.54, 1.807) is 20.8 Å². The Balaban J connectivity index is -0.000000159. The maximum absolute atomic E-state index is 11.3. The predicted octanol–water partition coefficient (Wildman–Crippen LogP) is 19.1. The van der Waals surface area contributed by atoms with Crippen molar-refractivity contribution in [3.63, 3.8) is 0 Å². The second kappa shape index (κ2) is 59.5. The summed E-state index contributed by atoms with van der Waals surface area (Å²) < 4.78 is 30.9. The molecule has 0 spiro atoms. The van der Waals surface area contributed by atoms with Gasteiger partial charge >= 0.3 is 7.82 Å². The second-order valence-electron chi connectivity index (χ2n) is 16.3. The lowest BCUT2D eigenvalue weighted by Gasteiger charge is -2.19. The van der Waals surface area contributed by atoms with Crippen LogP contribution in [0.3, 0.4) is 0 Å². The third kappa shape index (κ3) is 61.3. The molecular weight excluding hydrogens is 848 g/mol. The summed E-state index contributed by atoms with van der Waals surface area (Å²) in [6, 6.07) is 19.0. The van der Waals surface area contributed by atoms with Crippen LogP contribution >= 0.6 is 7.82 Å². The molecule has 3 aromatic rings. The maximum atomic E-state index is 11.3. The van der Waals surface area contributed by atoms with Gasteiger partial charge in [0, 0.05) is 24.6 Å². The number of phosphoric ester groups is 1. The van der Waals surface area contributed by atoms with E-state index in [9.17, 15) is 4.57 Å². The molecule has 0 aliphatic rings. The molecule has 0 radical (unpaired) electrons. The van der Waals surface area contributed by atoms with E-state index in [0.29, 0.717) is 19.8 Å². The minimum Gasteiger partial charge on any atom is -0.381 e. The molecule has 67 heavy (non-hydrogen) atoms. The van der Waals surface area contributed by atoms with Crippen LogP contribution in [0.1, 0.15) is 206 Å². The van der Waals surface area contributed by atoms with Gasteiger partial charge in [-0.3, -0.25) is 18.6 Å². The molecular formula is C59H113N2O5P. The standard InChI is InChI=1S/C10H14.C9H21N.C8H10.C7H9N.C6H15O4P.C6H14O.C5H12.C4H10.C4H8/c1-7-5-9(3)10(4)6-8(7)2;1-4-7-10(8-5-2)9-6-3;1-7-3-5-8(2)6-4-7;1-6-4-3-5-7(2)8-6;1-4-8-11(7,9-5-2)10-6-3;1-3-5-7-6-4-2;1-3-5-4-2;2*1-3-4-2/h5-6H,1-4H3;4-9H2,1-3H3;3-6H,1-2H3;3-5H,1-2H3;4-6H2,1-3H3;3-6H2,1-2H3;3-5H2,1-2H3;3-4H2,1-2H3;3-4H,1-2H3. The Labute approximate surface area is 419 Å². The van der Waals surface area contributed by atoms with Gasteiger partial charge in [-0.25, -0.2) is 4.57 Å². The summed E-state index contributed by atoms with van der Waals surface area (Å²) in [5.41, 5.74) is 10.4. The van der Waals surface area contributed by atoms with E-state index >= 15 is 0 Å². The van der Waals surface area contributed by atoms with Crippen LogP contribution in [0.25, 0.3) is 0 Å². The molecule has 8 heteroatoms. The number of allylic oxidation sites excluding steroid dienone is 2. The van der Waals surface area contributed by atoms with Crippen LogP contribution in [0.2, 0.25) is 0 Å². The van der Waals surface area contributed by atoms with Crippen molar-refractivity contribution in [1.29, 1.82) is 0 Å². The summed E-state index contributed by atoms with van der Waals surface area (Å²) in [5.74, 6) is 0. The number of aromatic nitrogens is 1. The SMILES string of the molecule is CC=CC.CCCC.CCCCC.CCCN(CCC)CCC.CCCOCCC.CCOP(=O)(OCC)OCC.Cc1cc(C)c(C)cc1C.Cc1ccc(C)cc1.Cc1cccc(C)n1. The number of benzene rings is 2. The highest BCUT2D eigenvalue weighted by molar-refractivity contribution is 7.48. The molecule has 0 N–H and O–H groups in total. The van der Waals surface area contributed by atoms with Crippen LogP contribution in [-0.4, -0.2) is 62.6 Å². The number of aryl methyl sites for hydroxylation is 8. The number of hydrogen-bond donors (Lipinski definition) is 0. The van der Waals surface area contributed by atoms with Gasteiger partial charge in [0.2, 0.25) is 0 Å². The zero-order valence-corrected chi connectivity index (χ0v) is 49.4. The third-order valence-electron chi connectivity index (χ3n) is 9.07. The van der Waals surface area contributed by atoms with Gasteiger partial charge in [-0.05, 0) is 176 Å². The summed E-state index contributed by atoms with van der Waals surface area (Å²) in [4.78, 5) is 6.72. The van der Waals surface area contributed by atoms with Crippen LogP contribution < -0.4 is 0 Å². The van der Waals surface area contributed by atoms with Gasteiger partial charge in [0.05, 0.1) is 19.8 Å². The fourth-order valence-electron chi connectivity index (χ4n) is 5.04. The van der Waals surface area contributed by atoms with Crippen molar-refractivity contribution >= 4 is 7.82 Å². The number of ether oxygens (including phenoxy) is 1. The fraction of sp³-hybridized carbons (Fsp3) is 0.678. The summed E-state index contributed by atoms with van der Waals surface area (Å²) in [5, 5.41) is 0. The first-order chi connectivity index (χ1) is 31.9. The Morgan fingerprint density at radius 1 is 0.463 bits per heavy atom. The molecule has 0 amide bonds. The molecule has 2 aromatic carbocycles. The molecule has 0 atom stereocenters. The van der Waals surface area contributed by atoms with Gasteiger partial charge in [-0.2, -0.15) is 0 Å². The number of pyridine rings is 1. The number of phosphoric acid groups is 1. The van der Waals surface area contributed by atoms with E-state index in [0.717, 1.165) is 37.4 Å². The van der Waals surface area contributed by atoms with E-state index in [2.05, 4.69) is 150 Å². The van der Waals surface area contributed by atoms with E-state index in [1.165, 1.54) is 104 Å². The van der Waals surface area contributed by atoms with Crippen LogP contribution in [0.5, 0.6) is 0 Å². The van der Waals surface area contributed by atoms with E-state index in [-0.39, 0.29) is 0 Å². The molecule has 0 aliphatic heterocycles. The molecule has 394 valence electrons. The van der Waals surface area contributed by atoms with Crippen LogP contribution in [-0.2, 0) is 22.9 Å². The third-order valence-corrected chi connectivity index (χ3v) is 10.8. The van der Waals surface area contributed by atoms with E-state index < -0.39 is 7.82 Å². The lowest BCUT2D eigenvalue weighted by Crippen LogP contribution is -2.25. The van der Waals surface area contributed by atoms with Gasteiger partial charge in [-0.1, -0.05) is 160 Å². The van der Waals surface area contributed by atoms with E-state index in [4.69, 9.17) is 18.3 Å². The molecule has 7 nitrogen and oxygen atoms in total. The normalized spacial score (nSPS) is 9.90. The van der Waals surface area contributed by atoms with Gasteiger partial charge < -0.3 is 9.64 Å². The fourth-order valence-corrected chi connectivity index (χ4v) is 6.21. The highest BCUT2D eigenvalue weighted by atomic mass is 31.2. The Bertz CT molecular complexity index is 1340. The molecule has 0 aliphatic carbocycles. The zero-order valence-electron chi connectivity index (χ0n) is 48.5. The Kier molecular flexibility index (Phi) is 67.3. The molecule has 0 bridgehead atoms. The Morgan fingerprint density at radius 3 is 0.955 bits per heavy atom. The topological polar surface area (TPSA) is 70.1 Å². The van der Waals surface area contributed by atoms with Crippen molar-refractivity contribution in [3.8, 4) is 0 Å². The first kappa shape index (κ1) is 75.9. The molecule has 0 saturated heterocycles. The minimum atomic E-state index is -3.22. The van der Waals surface area contributed by atoms with Crippen LogP contribution in [0.4, 0.5) is 0 Å². The predicted molar refractivity (Wildman–Crippen MR) is 302 cm³/mol. The quantitative estimate of drug-likeness (QED) is 0.0673. The maximum Gasteiger partial charge on any atom is 0.474 e. The molecule has 3 rings (SSSR count). The number of hydrogen-bond acceptors (Lipinski definition) is 7. The summed E-state index contributed by atoms with van der Waals surface area (Å²) in [6.45, 7) is 52.5. The van der Waals surface area contributed by atoms with Crippen LogP contribution in [0.15, 0.2) is 66.7 Å². The van der Waals surface area contributed by atoms with Crippen molar-refractivity contribution in [2.45, 2.75) is 217 Å². The monoisotopic (exact) mass is 961 g/mol. The van der Waals surface area contributed by atoms with Gasteiger partial charge in [0.1, 0.15) is 0 Å². The first-order valence-electron chi connectivity index (χ1n) is 26.3. The van der Waals surface area contributed by atoms with Crippen molar-refractivity contribution in [1.82, 2.24) is 9.88 Å². The first-order valence-corrected chi connectivity index (χ1v) is 27.7. The van der Waals surface area contributed by atoms with Crippen molar-refractivity contribution < 1.29 is 22.9 Å². The van der Waals surface area contributed by atoms with Gasteiger partial charge in [0.15, 0.2) is 0 Å². The van der Waals surface area contributed by atoms with Crippen molar-refractivity contribution in [2.75, 3.05) is 52.7 Å². The average molecular weight is 962 g/mol. The Morgan fingerprint density at radius 2 is 0.776 bits per heavy atom. The second-order valence-corrected chi connectivity index (χ2v) is 17.9. The largest absolute Gasteiger partial charge is 0.474 e. The summed E-state index contributed by atoms with van der Waals surface area (Å²) in [7, 11) is -3.22. The van der Waals surface area contributed by atoms with Crippen LogP contribution in [0, 0.1) is 55.4 Å². The molecule has 0 saturated carbocycles. The summed E-state index contributed by atoms with van der Waals surface area (Å²) in [6.07, 6.45) is 16.9. The number of nitrogens with zero attached hydrogens (tertiary/aromatic N) is 2. The van der Waals surface area contributed by atoms with Gasteiger partial charge in [0.25, 0.3) is 0 Å².